The largest absolute Gasteiger partial charge is 0.465 e. The van der Waals surface area contributed by atoms with E-state index in [0.29, 0.717) is 32.2 Å². The van der Waals surface area contributed by atoms with E-state index < -0.39 is 47.1 Å². The van der Waals surface area contributed by atoms with Gasteiger partial charge in [-0.3, -0.25) is 14.4 Å². The van der Waals surface area contributed by atoms with E-state index in [-0.39, 0.29) is 30.9 Å². The van der Waals surface area contributed by atoms with E-state index in [4.69, 9.17) is 9.47 Å². The first-order valence-corrected chi connectivity index (χ1v) is 12.7. The monoisotopic (exact) mass is 490 g/mol. The molecule has 3 rings (SSSR count). The third-order valence-electron chi connectivity index (χ3n) is 7.55. The van der Waals surface area contributed by atoms with Crippen LogP contribution in [0.15, 0.2) is 25.3 Å². The average Bonchev–Trinajstić information content (AvgIpc) is 3.42. The first kappa shape index (κ1) is 27.4. The quantitative estimate of drug-likeness (QED) is 0.272. The minimum atomic E-state index is -1.12. The van der Waals surface area contributed by atoms with Gasteiger partial charge in [-0.25, -0.2) is 0 Å². The minimum absolute atomic E-state index is 0.190. The average molecular weight is 491 g/mol. The number of aliphatic hydroxyl groups is 1. The molecule has 3 fully saturated rings. The highest BCUT2D eigenvalue weighted by Gasteiger charge is 2.75. The summed E-state index contributed by atoms with van der Waals surface area (Å²) >= 11 is 0. The molecule has 6 atom stereocenters. The van der Waals surface area contributed by atoms with Crippen LogP contribution < -0.4 is 0 Å². The van der Waals surface area contributed by atoms with Crippen molar-refractivity contribution < 1.29 is 29.0 Å². The molecule has 2 bridgehead atoms. The minimum Gasteiger partial charge on any atom is -0.465 e. The number of likely N-dealkylation sites (tertiary alicyclic amines) is 1. The molecule has 2 amide bonds. The number of amides is 2. The van der Waals surface area contributed by atoms with Crippen LogP contribution in [-0.4, -0.2) is 81.8 Å². The van der Waals surface area contributed by atoms with Gasteiger partial charge in [-0.15, -0.1) is 13.2 Å². The number of ether oxygens (including phenoxy) is 2. The molecule has 3 aliphatic heterocycles. The Morgan fingerprint density at radius 3 is 2.54 bits per heavy atom. The van der Waals surface area contributed by atoms with Crippen LogP contribution in [-0.2, 0) is 23.9 Å². The molecular formula is C27H42N2O6. The molecule has 3 aliphatic rings. The van der Waals surface area contributed by atoms with Crippen molar-refractivity contribution in [1.29, 1.82) is 0 Å². The number of hydrogen-bond donors (Lipinski definition) is 1. The zero-order valence-electron chi connectivity index (χ0n) is 21.9. The van der Waals surface area contributed by atoms with Gasteiger partial charge in [0.25, 0.3) is 0 Å². The van der Waals surface area contributed by atoms with Crippen molar-refractivity contribution in [1.82, 2.24) is 9.80 Å². The molecule has 1 N–H and O–H groups in total. The van der Waals surface area contributed by atoms with Crippen LogP contribution in [0.2, 0.25) is 0 Å². The molecule has 8 nitrogen and oxygen atoms in total. The Balaban J connectivity index is 2.08. The number of hydrogen-bond acceptors (Lipinski definition) is 6. The Labute approximate surface area is 209 Å². The lowest BCUT2D eigenvalue weighted by Crippen LogP contribution is -2.61. The van der Waals surface area contributed by atoms with Crippen LogP contribution in [0.3, 0.4) is 0 Å². The van der Waals surface area contributed by atoms with Crippen LogP contribution in [0.4, 0.5) is 0 Å². The number of rotatable bonds is 11. The summed E-state index contributed by atoms with van der Waals surface area (Å²) in [5.41, 5.74) is -1.64. The summed E-state index contributed by atoms with van der Waals surface area (Å²) in [6, 6.07) is -1.48. The second-order valence-corrected chi connectivity index (χ2v) is 11.4. The lowest BCUT2D eigenvalue weighted by molar-refractivity contribution is -0.157. The lowest BCUT2D eigenvalue weighted by atomic mass is 9.70. The molecule has 0 saturated carbocycles. The third kappa shape index (κ3) is 4.79. The maximum atomic E-state index is 14.3. The molecule has 8 heteroatoms. The number of carbonyl (C=O) groups is 3. The topological polar surface area (TPSA) is 96.4 Å². The zero-order chi connectivity index (χ0) is 26.1. The first-order chi connectivity index (χ1) is 16.4. The Bertz CT molecular complexity index is 849. The number of nitrogens with zero attached hydrogens (tertiary/aromatic N) is 2. The van der Waals surface area contributed by atoms with Crippen LogP contribution >= 0.6 is 0 Å². The molecule has 0 aromatic rings. The molecule has 35 heavy (non-hydrogen) atoms. The number of fused-ring (bicyclic) bond motifs is 1. The summed E-state index contributed by atoms with van der Waals surface area (Å²) in [6.07, 6.45) is 5.01. The van der Waals surface area contributed by atoms with E-state index in [1.165, 1.54) is 0 Å². The normalized spacial score (nSPS) is 30.4. The van der Waals surface area contributed by atoms with E-state index in [1.807, 2.05) is 34.6 Å². The Morgan fingerprint density at radius 1 is 1.31 bits per heavy atom. The molecule has 1 spiro atoms. The van der Waals surface area contributed by atoms with Crippen molar-refractivity contribution in [2.24, 2.45) is 17.8 Å². The fourth-order valence-corrected chi connectivity index (χ4v) is 6.16. The van der Waals surface area contributed by atoms with E-state index in [1.54, 1.807) is 22.0 Å². The highest BCUT2D eigenvalue weighted by atomic mass is 16.6. The first-order valence-electron chi connectivity index (χ1n) is 12.7. The van der Waals surface area contributed by atoms with Gasteiger partial charge in [0, 0.05) is 12.1 Å². The summed E-state index contributed by atoms with van der Waals surface area (Å²) in [5.74, 6) is -2.38. The Morgan fingerprint density at radius 2 is 2.00 bits per heavy atom. The van der Waals surface area contributed by atoms with Crippen LogP contribution in [0.1, 0.15) is 60.3 Å². The second-order valence-electron chi connectivity index (χ2n) is 11.4. The van der Waals surface area contributed by atoms with Gasteiger partial charge in [0.2, 0.25) is 11.8 Å². The number of carbonyl (C=O) groups excluding carboxylic acids is 3. The zero-order valence-corrected chi connectivity index (χ0v) is 21.9. The summed E-state index contributed by atoms with van der Waals surface area (Å²) < 4.78 is 11.9. The Hall–Kier alpha value is -2.19. The van der Waals surface area contributed by atoms with E-state index >= 15 is 0 Å². The summed E-state index contributed by atoms with van der Waals surface area (Å²) in [7, 11) is 0. The molecule has 0 aromatic carbocycles. The molecular weight excluding hydrogens is 448 g/mol. The second kappa shape index (κ2) is 10.4. The summed E-state index contributed by atoms with van der Waals surface area (Å²) in [4.78, 5) is 44.7. The SMILES string of the molecule is C=CCCOC(=O)[C@@H]1[C@@H]2CCC3(O2)C(C(=O)N(CC=C)C(C)(C)C)N([C@@H](CO)CC(C)C)C(=O)[C@H]13. The number of esters is 1. The van der Waals surface area contributed by atoms with Gasteiger partial charge in [-0.2, -0.15) is 0 Å². The van der Waals surface area contributed by atoms with Crippen molar-refractivity contribution in [3.05, 3.63) is 25.3 Å². The maximum Gasteiger partial charge on any atom is 0.312 e. The predicted octanol–water partition coefficient (Wildman–Crippen LogP) is 2.70. The molecule has 0 radical (unpaired) electrons. The third-order valence-corrected chi connectivity index (χ3v) is 7.55. The van der Waals surface area contributed by atoms with E-state index in [2.05, 4.69) is 13.2 Å². The van der Waals surface area contributed by atoms with Gasteiger partial charge in [-0.05, 0) is 52.4 Å². The maximum absolute atomic E-state index is 14.3. The van der Waals surface area contributed by atoms with Crippen molar-refractivity contribution in [3.63, 3.8) is 0 Å². The standard InChI is InChI=1S/C27H42N2O6/c1-8-10-14-34-25(33)20-19-11-12-27(35-19)21(20)23(31)29(18(16-30)15-17(3)4)22(27)24(32)28(13-9-2)26(5,6)7/h8-9,17-22,30H,1-2,10-16H2,3-7H3/t18-,19+,20-,21+,22?,27?/m1/s1. The van der Waals surface area contributed by atoms with Gasteiger partial charge in [-0.1, -0.05) is 26.0 Å². The predicted molar refractivity (Wildman–Crippen MR) is 132 cm³/mol. The lowest BCUT2D eigenvalue weighted by Gasteiger charge is -2.43. The smallest absolute Gasteiger partial charge is 0.312 e. The van der Waals surface area contributed by atoms with Crippen molar-refractivity contribution in [2.75, 3.05) is 19.8 Å². The van der Waals surface area contributed by atoms with Crippen LogP contribution in [0.5, 0.6) is 0 Å². The highest BCUT2D eigenvalue weighted by Crippen LogP contribution is 2.59. The number of aliphatic hydroxyl groups excluding tert-OH is 1. The molecule has 0 aromatic heterocycles. The molecule has 2 unspecified atom stereocenters. The van der Waals surface area contributed by atoms with Crippen molar-refractivity contribution in [2.45, 2.75) is 89.6 Å². The van der Waals surface area contributed by atoms with E-state index in [9.17, 15) is 19.5 Å². The molecule has 3 heterocycles. The summed E-state index contributed by atoms with van der Waals surface area (Å²) in [5, 5.41) is 10.3. The molecule has 3 saturated heterocycles. The molecule has 0 aliphatic carbocycles. The highest BCUT2D eigenvalue weighted by molar-refractivity contribution is 5.98. The summed E-state index contributed by atoms with van der Waals surface area (Å²) in [6.45, 7) is 17.5. The van der Waals surface area contributed by atoms with Crippen molar-refractivity contribution in [3.8, 4) is 0 Å². The van der Waals surface area contributed by atoms with Gasteiger partial charge >= 0.3 is 5.97 Å². The van der Waals surface area contributed by atoms with E-state index in [0.717, 1.165) is 0 Å². The van der Waals surface area contributed by atoms with Gasteiger partial charge in [0.1, 0.15) is 11.6 Å². The Kier molecular flexibility index (Phi) is 8.16. The molecule has 196 valence electrons. The fourth-order valence-electron chi connectivity index (χ4n) is 6.16. The van der Waals surface area contributed by atoms with Gasteiger partial charge < -0.3 is 24.4 Å². The van der Waals surface area contributed by atoms with Gasteiger partial charge in [0.15, 0.2) is 0 Å². The fraction of sp³-hybridized carbons (Fsp3) is 0.741. The van der Waals surface area contributed by atoms with Crippen LogP contribution in [0, 0.1) is 17.8 Å². The van der Waals surface area contributed by atoms with Crippen LogP contribution in [0.25, 0.3) is 0 Å². The van der Waals surface area contributed by atoms with Crippen molar-refractivity contribution >= 4 is 17.8 Å². The van der Waals surface area contributed by atoms with Gasteiger partial charge in [0.05, 0.1) is 37.2 Å².